The number of nitrogens with zero attached hydrogens (tertiary/aromatic N) is 1. The van der Waals surface area contributed by atoms with Gasteiger partial charge in [-0.05, 0) is 18.2 Å². The van der Waals surface area contributed by atoms with Crippen molar-refractivity contribution in [3.63, 3.8) is 0 Å². The van der Waals surface area contributed by atoms with Crippen molar-refractivity contribution in [1.82, 2.24) is 9.71 Å². The van der Waals surface area contributed by atoms with E-state index in [9.17, 15) is 12.8 Å². The van der Waals surface area contributed by atoms with E-state index < -0.39 is 15.8 Å². The van der Waals surface area contributed by atoms with Crippen molar-refractivity contribution in [3.8, 4) is 0 Å². The van der Waals surface area contributed by atoms with Gasteiger partial charge in [-0.2, -0.15) is 0 Å². The number of hydrogen-bond acceptors (Lipinski definition) is 5. The fraction of sp³-hybridized carbons (Fsp3) is 0.100. The molecular formula is C10H10FN3O2S2. The van der Waals surface area contributed by atoms with E-state index in [1.165, 1.54) is 17.4 Å². The molecule has 3 N–H and O–H groups in total. The van der Waals surface area contributed by atoms with Gasteiger partial charge in [-0.25, -0.2) is 17.5 Å². The van der Waals surface area contributed by atoms with E-state index in [0.717, 1.165) is 17.0 Å². The first-order chi connectivity index (χ1) is 8.47. The number of nitrogen functional groups attached to an aromatic ring is 1. The molecule has 8 heteroatoms. The Balaban J connectivity index is 2.20. The molecule has 0 aliphatic rings. The molecule has 0 unspecified atom stereocenters. The number of halogens is 1. The Bertz CT molecular complexity index is 621. The molecule has 1 aromatic carbocycles. The zero-order valence-corrected chi connectivity index (χ0v) is 10.8. The smallest absolute Gasteiger partial charge is 0.241 e. The minimum absolute atomic E-state index is 0.0631. The molecule has 0 atom stereocenters. The van der Waals surface area contributed by atoms with Gasteiger partial charge in [-0.15, -0.1) is 11.3 Å². The number of rotatable bonds is 4. The van der Waals surface area contributed by atoms with Crippen LogP contribution in [0.2, 0.25) is 0 Å². The maximum Gasteiger partial charge on any atom is 0.241 e. The van der Waals surface area contributed by atoms with Gasteiger partial charge in [0.25, 0.3) is 0 Å². The van der Waals surface area contributed by atoms with Crippen molar-refractivity contribution >= 4 is 27.0 Å². The number of benzene rings is 1. The minimum Gasteiger partial charge on any atom is -0.399 e. The summed E-state index contributed by atoms with van der Waals surface area (Å²) in [6.07, 6.45) is 1.56. The fourth-order valence-corrected chi connectivity index (χ4v) is 3.02. The molecule has 2 rings (SSSR count). The van der Waals surface area contributed by atoms with Gasteiger partial charge < -0.3 is 5.73 Å². The van der Waals surface area contributed by atoms with E-state index in [1.807, 2.05) is 0 Å². The number of nitrogens with one attached hydrogen (secondary N) is 1. The molecule has 0 saturated carbocycles. The fourth-order valence-electron chi connectivity index (χ4n) is 1.32. The van der Waals surface area contributed by atoms with Gasteiger partial charge in [-0.1, -0.05) is 0 Å². The Kier molecular flexibility index (Phi) is 3.60. The highest BCUT2D eigenvalue weighted by Crippen LogP contribution is 2.16. The van der Waals surface area contributed by atoms with Gasteiger partial charge in [0.05, 0.1) is 10.4 Å². The molecule has 0 amide bonds. The van der Waals surface area contributed by atoms with Crippen LogP contribution in [-0.4, -0.2) is 13.4 Å². The molecule has 1 heterocycles. The monoisotopic (exact) mass is 287 g/mol. The van der Waals surface area contributed by atoms with Gasteiger partial charge in [0.15, 0.2) is 0 Å². The lowest BCUT2D eigenvalue weighted by Crippen LogP contribution is -2.23. The van der Waals surface area contributed by atoms with Crippen LogP contribution in [0.15, 0.2) is 34.8 Å². The van der Waals surface area contributed by atoms with Crippen molar-refractivity contribution in [1.29, 1.82) is 0 Å². The second kappa shape index (κ2) is 5.01. The molecule has 0 radical (unpaired) electrons. The predicted octanol–water partition coefficient (Wildman–Crippen LogP) is 1.34. The Labute approximate surface area is 108 Å². The number of hydrogen-bond donors (Lipinski definition) is 2. The quantitative estimate of drug-likeness (QED) is 0.831. The third-order valence-electron chi connectivity index (χ3n) is 2.12. The molecular weight excluding hydrogens is 277 g/mol. The summed E-state index contributed by atoms with van der Waals surface area (Å²) in [5.74, 6) is -0.687. The van der Waals surface area contributed by atoms with Gasteiger partial charge in [-0.3, -0.25) is 4.98 Å². The van der Waals surface area contributed by atoms with Crippen LogP contribution in [0.4, 0.5) is 10.1 Å². The van der Waals surface area contributed by atoms with Crippen LogP contribution in [0.25, 0.3) is 0 Å². The predicted molar refractivity (Wildman–Crippen MR) is 67.0 cm³/mol. The summed E-state index contributed by atoms with van der Waals surface area (Å²) < 4.78 is 39.2. The van der Waals surface area contributed by atoms with Crippen LogP contribution in [-0.2, 0) is 16.6 Å². The number of thiazole rings is 1. The van der Waals surface area contributed by atoms with Crippen molar-refractivity contribution in [3.05, 3.63) is 40.6 Å². The summed E-state index contributed by atoms with van der Waals surface area (Å²) >= 11 is 1.33. The zero-order valence-electron chi connectivity index (χ0n) is 9.13. The van der Waals surface area contributed by atoms with Crippen LogP contribution in [0, 0.1) is 5.82 Å². The largest absolute Gasteiger partial charge is 0.399 e. The Hall–Kier alpha value is -1.51. The Morgan fingerprint density at radius 3 is 2.78 bits per heavy atom. The lowest BCUT2D eigenvalue weighted by molar-refractivity contribution is 0.578. The summed E-state index contributed by atoms with van der Waals surface area (Å²) in [5.41, 5.74) is 7.07. The molecule has 0 aliphatic carbocycles. The van der Waals surface area contributed by atoms with E-state index in [4.69, 9.17) is 5.73 Å². The molecule has 0 fully saturated rings. The Morgan fingerprint density at radius 1 is 1.39 bits per heavy atom. The maximum absolute atomic E-state index is 13.1. The molecule has 1 aromatic heterocycles. The number of aromatic nitrogens is 1. The number of nitrogens with two attached hydrogens (primary N) is 1. The third-order valence-corrected chi connectivity index (χ3v) is 4.28. The van der Waals surface area contributed by atoms with Gasteiger partial charge in [0, 0.05) is 23.3 Å². The van der Waals surface area contributed by atoms with E-state index in [0.29, 0.717) is 0 Å². The second-order valence-electron chi connectivity index (χ2n) is 3.51. The second-order valence-corrected chi connectivity index (χ2v) is 6.25. The molecule has 0 bridgehead atoms. The van der Waals surface area contributed by atoms with Crippen LogP contribution in [0.3, 0.4) is 0 Å². The van der Waals surface area contributed by atoms with Crippen LogP contribution in [0.5, 0.6) is 0 Å². The van der Waals surface area contributed by atoms with Crippen molar-refractivity contribution in [2.75, 3.05) is 5.73 Å². The summed E-state index contributed by atoms with van der Waals surface area (Å²) in [7, 11) is -3.77. The van der Waals surface area contributed by atoms with Crippen molar-refractivity contribution in [2.24, 2.45) is 0 Å². The molecule has 0 saturated heterocycles. The lowest BCUT2D eigenvalue weighted by Gasteiger charge is -2.06. The van der Waals surface area contributed by atoms with E-state index >= 15 is 0 Å². The van der Waals surface area contributed by atoms with E-state index in [2.05, 4.69) is 9.71 Å². The highest BCUT2D eigenvalue weighted by molar-refractivity contribution is 7.89. The van der Waals surface area contributed by atoms with Gasteiger partial charge in [0.1, 0.15) is 5.82 Å². The molecule has 18 heavy (non-hydrogen) atoms. The first-order valence-electron chi connectivity index (χ1n) is 4.90. The summed E-state index contributed by atoms with van der Waals surface area (Å²) in [6, 6.07) is 3.19. The third kappa shape index (κ3) is 3.03. The average molecular weight is 287 g/mol. The standard InChI is InChI=1S/C10H10FN3O2S2/c11-7-1-8(12)3-10(2-7)18(15,16)14-5-9-4-13-6-17-9/h1-4,6,14H,5,12H2. The highest BCUT2D eigenvalue weighted by atomic mass is 32.2. The van der Waals surface area contributed by atoms with Crippen molar-refractivity contribution < 1.29 is 12.8 Å². The molecule has 5 nitrogen and oxygen atoms in total. The molecule has 0 spiro atoms. The average Bonchev–Trinajstić information content (AvgIpc) is 2.78. The van der Waals surface area contributed by atoms with Crippen LogP contribution < -0.4 is 10.5 Å². The summed E-state index contributed by atoms with van der Waals surface area (Å²) in [4.78, 5) is 4.40. The molecule has 96 valence electrons. The first-order valence-corrected chi connectivity index (χ1v) is 7.27. The highest BCUT2D eigenvalue weighted by Gasteiger charge is 2.15. The number of sulfonamides is 1. The van der Waals surface area contributed by atoms with Crippen molar-refractivity contribution in [2.45, 2.75) is 11.4 Å². The van der Waals surface area contributed by atoms with Gasteiger partial charge in [0.2, 0.25) is 10.0 Å². The van der Waals surface area contributed by atoms with E-state index in [1.54, 1.807) is 11.7 Å². The summed E-state index contributed by atoms with van der Waals surface area (Å²) in [5, 5.41) is 0. The van der Waals surface area contributed by atoms with E-state index in [-0.39, 0.29) is 17.1 Å². The summed E-state index contributed by atoms with van der Waals surface area (Å²) in [6.45, 7) is 0.115. The lowest BCUT2D eigenvalue weighted by atomic mass is 10.3. The molecule has 2 aromatic rings. The zero-order chi connectivity index (χ0) is 13.2. The first kappa shape index (κ1) is 12.9. The topological polar surface area (TPSA) is 85.1 Å². The van der Waals surface area contributed by atoms with Crippen LogP contribution in [0.1, 0.15) is 4.88 Å². The minimum atomic E-state index is -3.77. The Morgan fingerprint density at radius 2 is 2.17 bits per heavy atom. The normalized spacial score (nSPS) is 11.6. The van der Waals surface area contributed by atoms with Crippen LogP contribution >= 0.6 is 11.3 Å². The number of anilines is 1. The maximum atomic E-state index is 13.1. The SMILES string of the molecule is Nc1cc(F)cc(S(=O)(=O)NCc2cncs2)c1. The molecule has 0 aliphatic heterocycles. The van der Waals surface area contributed by atoms with Gasteiger partial charge >= 0.3 is 0 Å².